The molecule has 1 aliphatic carbocycles. The lowest BCUT2D eigenvalue weighted by Crippen LogP contribution is -2.27. The van der Waals surface area contributed by atoms with Gasteiger partial charge in [0, 0.05) is 38.4 Å². The molecule has 0 saturated heterocycles. The van der Waals surface area contributed by atoms with E-state index in [0.717, 1.165) is 26.6 Å². The second-order valence-corrected chi connectivity index (χ2v) is 8.46. The van der Waals surface area contributed by atoms with Crippen LogP contribution in [0, 0.1) is 5.41 Å². The molecule has 0 bridgehead atoms. The highest BCUT2D eigenvalue weighted by atomic mass is 32.2. The van der Waals surface area contributed by atoms with E-state index in [9.17, 15) is 9.59 Å². The number of hydrogen-bond donors (Lipinski definition) is 0. The molecule has 1 aliphatic rings. The van der Waals surface area contributed by atoms with E-state index in [1.807, 2.05) is 25.3 Å². The van der Waals surface area contributed by atoms with Gasteiger partial charge in [-0.3, -0.25) is 9.59 Å². The zero-order valence-electron chi connectivity index (χ0n) is 13.1. The van der Waals surface area contributed by atoms with E-state index in [1.165, 1.54) is 11.3 Å². The third-order valence-corrected chi connectivity index (χ3v) is 5.85. The fourth-order valence-electron chi connectivity index (χ4n) is 2.59. The number of Topliss-reactive ketones (excluding diaryl/α,β-unsaturated/α-hetero) is 1. The monoisotopic (exact) mass is 323 g/mol. The SMILES string of the molecule is CSc1sc(C(=O)C=CN(C)C)c2c1C(=O)CC(C)(C)C2. The fourth-order valence-corrected chi connectivity index (χ4v) is 4.61. The molecular formula is C16H21NO2S2. The molecule has 0 N–H and O–H groups in total. The first-order valence-electron chi connectivity index (χ1n) is 6.87. The van der Waals surface area contributed by atoms with Crippen molar-refractivity contribution in [3.8, 4) is 0 Å². The minimum absolute atomic E-state index is 0.00394. The largest absolute Gasteiger partial charge is 0.383 e. The zero-order chi connectivity index (χ0) is 15.8. The molecule has 0 radical (unpaired) electrons. The Bertz CT molecular complexity index is 612. The minimum atomic E-state index is -0.0683. The van der Waals surface area contributed by atoms with Crippen LogP contribution in [0.2, 0.25) is 0 Å². The summed E-state index contributed by atoms with van der Waals surface area (Å²) in [5.74, 6) is 0.174. The molecular weight excluding hydrogens is 302 g/mol. The number of fused-ring (bicyclic) bond motifs is 1. The van der Waals surface area contributed by atoms with Crippen molar-refractivity contribution in [1.82, 2.24) is 4.90 Å². The normalized spacial score (nSPS) is 17.1. The topological polar surface area (TPSA) is 37.4 Å². The quantitative estimate of drug-likeness (QED) is 0.479. The minimum Gasteiger partial charge on any atom is -0.383 e. The van der Waals surface area contributed by atoms with Crippen molar-refractivity contribution in [1.29, 1.82) is 0 Å². The molecule has 3 nitrogen and oxygen atoms in total. The van der Waals surface area contributed by atoms with Crippen LogP contribution in [0.4, 0.5) is 0 Å². The summed E-state index contributed by atoms with van der Waals surface area (Å²) in [7, 11) is 3.77. The maximum Gasteiger partial charge on any atom is 0.197 e. The van der Waals surface area contributed by atoms with E-state index >= 15 is 0 Å². The fraction of sp³-hybridized carbons (Fsp3) is 0.500. The first kappa shape index (κ1) is 16.3. The maximum atomic E-state index is 12.4. The highest BCUT2D eigenvalue weighted by Crippen LogP contribution is 2.44. The highest BCUT2D eigenvalue weighted by molar-refractivity contribution is 8.00. The van der Waals surface area contributed by atoms with Crippen LogP contribution in [0.25, 0.3) is 0 Å². The summed E-state index contributed by atoms with van der Waals surface area (Å²) < 4.78 is 0.979. The summed E-state index contributed by atoms with van der Waals surface area (Å²) in [5.41, 5.74) is 1.69. The average molecular weight is 323 g/mol. The first-order chi connectivity index (χ1) is 9.75. The number of ketones is 2. The Balaban J connectivity index is 2.49. The van der Waals surface area contributed by atoms with Crippen molar-refractivity contribution in [3.63, 3.8) is 0 Å². The third kappa shape index (κ3) is 3.40. The van der Waals surface area contributed by atoms with Gasteiger partial charge in [-0.2, -0.15) is 0 Å². The van der Waals surface area contributed by atoms with Crippen LogP contribution in [0.3, 0.4) is 0 Å². The maximum absolute atomic E-state index is 12.4. The number of allylic oxidation sites excluding steroid dienone is 1. The summed E-state index contributed by atoms with van der Waals surface area (Å²) in [6, 6.07) is 0. The highest BCUT2D eigenvalue weighted by Gasteiger charge is 2.36. The predicted molar refractivity (Wildman–Crippen MR) is 89.7 cm³/mol. The summed E-state index contributed by atoms with van der Waals surface area (Å²) in [4.78, 5) is 27.4. The van der Waals surface area contributed by atoms with Crippen molar-refractivity contribution < 1.29 is 9.59 Å². The van der Waals surface area contributed by atoms with Crippen LogP contribution in [0.1, 0.15) is 45.9 Å². The molecule has 1 aromatic heterocycles. The van der Waals surface area contributed by atoms with E-state index in [0.29, 0.717) is 6.42 Å². The Morgan fingerprint density at radius 1 is 1.33 bits per heavy atom. The number of nitrogens with zero attached hydrogens (tertiary/aromatic N) is 1. The molecule has 5 heteroatoms. The molecule has 0 amide bonds. The van der Waals surface area contributed by atoms with Gasteiger partial charge in [-0.15, -0.1) is 23.1 Å². The molecule has 21 heavy (non-hydrogen) atoms. The lowest BCUT2D eigenvalue weighted by atomic mass is 9.74. The Hall–Kier alpha value is -1.07. The third-order valence-electron chi connectivity index (χ3n) is 3.48. The molecule has 0 atom stereocenters. The molecule has 0 saturated carbocycles. The molecule has 0 aromatic carbocycles. The summed E-state index contributed by atoms with van der Waals surface area (Å²) in [6.45, 7) is 4.18. The van der Waals surface area contributed by atoms with Crippen molar-refractivity contribution in [3.05, 3.63) is 28.3 Å². The molecule has 0 aliphatic heterocycles. The number of carbonyl (C=O) groups is 2. The van der Waals surface area contributed by atoms with Gasteiger partial charge in [0.05, 0.1) is 9.09 Å². The van der Waals surface area contributed by atoms with Gasteiger partial charge in [0.2, 0.25) is 0 Å². The summed E-state index contributed by atoms with van der Waals surface area (Å²) >= 11 is 3.02. The van der Waals surface area contributed by atoms with E-state index in [4.69, 9.17) is 0 Å². The lowest BCUT2D eigenvalue weighted by molar-refractivity contribution is 0.0910. The molecule has 1 aromatic rings. The van der Waals surface area contributed by atoms with Gasteiger partial charge >= 0.3 is 0 Å². The smallest absolute Gasteiger partial charge is 0.197 e. The van der Waals surface area contributed by atoms with Gasteiger partial charge in [0.25, 0.3) is 0 Å². The number of thiophene rings is 1. The van der Waals surface area contributed by atoms with Crippen molar-refractivity contribution in [2.24, 2.45) is 5.41 Å². The number of rotatable bonds is 4. The number of hydrogen-bond acceptors (Lipinski definition) is 5. The van der Waals surface area contributed by atoms with Gasteiger partial charge in [0.1, 0.15) is 0 Å². The standard InChI is InChI=1S/C16H21NO2S2/c1-16(2)8-10-13(12(19)9-16)15(20-5)21-14(10)11(18)6-7-17(3)4/h6-7H,8-9H2,1-5H3. The molecule has 0 fully saturated rings. The van der Waals surface area contributed by atoms with Crippen LogP contribution in [-0.2, 0) is 6.42 Å². The number of thioether (sulfide) groups is 1. The van der Waals surface area contributed by atoms with Crippen molar-refractivity contribution in [2.45, 2.75) is 30.9 Å². The first-order valence-corrected chi connectivity index (χ1v) is 8.91. The lowest BCUT2D eigenvalue weighted by Gasteiger charge is -2.29. The summed E-state index contributed by atoms with van der Waals surface area (Å²) in [6.07, 6.45) is 6.65. The van der Waals surface area contributed by atoms with E-state index in [1.54, 1.807) is 24.0 Å². The van der Waals surface area contributed by atoms with Crippen molar-refractivity contribution in [2.75, 3.05) is 20.4 Å². The Kier molecular flexibility index (Phi) is 4.63. The molecule has 0 unspecified atom stereocenters. The Morgan fingerprint density at radius 2 is 2.00 bits per heavy atom. The molecule has 0 spiro atoms. The Morgan fingerprint density at radius 3 is 2.57 bits per heavy atom. The molecule has 114 valence electrons. The van der Waals surface area contributed by atoms with Crippen molar-refractivity contribution >= 4 is 34.7 Å². The predicted octanol–water partition coefficient (Wildman–Crippen LogP) is 3.88. The van der Waals surface area contributed by atoms with Crippen LogP contribution in [-0.4, -0.2) is 36.8 Å². The van der Waals surface area contributed by atoms with Crippen LogP contribution >= 0.6 is 23.1 Å². The molecule has 1 heterocycles. The zero-order valence-corrected chi connectivity index (χ0v) is 14.8. The van der Waals surface area contributed by atoms with E-state index in [2.05, 4.69) is 13.8 Å². The molecule has 2 rings (SSSR count). The van der Waals surface area contributed by atoms with Gasteiger partial charge in [-0.1, -0.05) is 13.8 Å². The van der Waals surface area contributed by atoms with E-state index in [-0.39, 0.29) is 17.0 Å². The van der Waals surface area contributed by atoms with Crippen LogP contribution in [0.15, 0.2) is 16.5 Å². The van der Waals surface area contributed by atoms with Crippen LogP contribution in [0.5, 0.6) is 0 Å². The van der Waals surface area contributed by atoms with E-state index < -0.39 is 0 Å². The number of carbonyl (C=O) groups excluding carboxylic acids is 2. The van der Waals surface area contributed by atoms with Crippen LogP contribution < -0.4 is 0 Å². The second-order valence-electron chi connectivity index (χ2n) is 6.36. The van der Waals surface area contributed by atoms with Gasteiger partial charge in [-0.25, -0.2) is 0 Å². The second kappa shape index (κ2) is 5.97. The summed E-state index contributed by atoms with van der Waals surface area (Å²) in [5, 5.41) is 0. The van der Waals surface area contributed by atoms with Gasteiger partial charge in [0.15, 0.2) is 11.6 Å². The van der Waals surface area contributed by atoms with Gasteiger partial charge in [-0.05, 0) is 23.7 Å². The average Bonchev–Trinajstić information content (AvgIpc) is 2.73. The van der Waals surface area contributed by atoms with Gasteiger partial charge < -0.3 is 4.90 Å². The Labute approximate surface area is 134 Å².